The Bertz CT molecular complexity index is 1140. The second-order valence-corrected chi connectivity index (χ2v) is 6.36. The van der Waals surface area contributed by atoms with Crippen molar-refractivity contribution in [3.05, 3.63) is 52.7 Å². The van der Waals surface area contributed by atoms with Crippen molar-refractivity contribution in [1.29, 1.82) is 0 Å². The van der Waals surface area contributed by atoms with Gasteiger partial charge in [0.25, 0.3) is 5.56 Å². The molecule has 0 atom stereocenters. The van der Waals surface area contributed by atoms with E-state index in [1.807, 2.05) is 24.3 Å². The number of nitrogens with zero attached hydrogens (tertiary/aromatic N) is 3. The number of benzene rings is 1. The first-order valence-electron chi connectivity index (χ1n) is 8.36. The zero-order valence-electron chi connectivity index (χ0n) is 13.7. The maximum Gasteiger partial charge on any atom is 0.271 e. The highest BCUT2D eigenvalue weighted by atomic mass is 16.1. The quantitative estimate of drug-likeness (QED) is 0.377. The highest BCUT2D eigenvalue weighted by molar-refractivity contribution is 5.82. The second-order valence-electron chi connectivity index (χ2n) is 6.36. The third kappa shape index (κ3) is 2.79. The predicted octanol–water partition coefficient (Wildman–Crippen LogP) is 2.73. The SMILES string of the molecule is O=c1[nH][nH]c2cc(Nc3cc(Nc4cc(C5CC5)n[nH]4)ncn3)ccc12. The summed E-state index contributed by atoms with van der Waals surface area (Å²) in [6.07, 6.45) is 3.91. The lowest BCUT2D eigenvalue weighted by atomic mass is 10.2. The Morgan fingerprint density at radius 1 is 1.00 bits per heavy atom. The first kappa shape index (κ1) is 14.7. The number of hydrogen-bond donors (Lipinski definition) is 5. The molecule has 3 heterocycles. The van der Waals surface area contributed by atoms with Gasteiger partial charge in [0.05, 0.1) is 16.6 Å². The van der Waals surface area contributed by atoms with Crippen LogP contribution in [-0.4, -0.2) is 30.4 Å². The third-order valence-corrected chi connectivity index (χ3v) is 4.37. The Hall–Kier alpha value is -3.62. The van der Waals surface area contributed by atoms with Crippen molar-refractivity contribution in [2.24, 2.45) is 0 Å². The number of aromatic amines is 3. The molecule has 5 N–H and O–H groups in total. The van der Waals surface area contributed by atoms with Crippen molar-refractivity contribution in [2.45, 2.75) is 18.8 Å². The van der Waals surface area contributed by atoms with Gasteiger partial charge in [-0.05, 0) is 31.0 Å². The number of fused-ring (bicyclic) bond motifs is 1. The lowest BCUT2D eigenvalue weighted by molar-refractivity contribution is 0.966. The summed E-state index contributed by atoms with van der Waals surface area (Å²) in [5.41, 5.74) is 2.51. The largest absolute Gasteiger partial charge is 0.340 e. The minimum absolute atomic E-state index is 0.134. The number of anilines is 4. The van der Waals surface area contributed by atoms with Gasteiger partial charge < -0.3 is 10.6 Å². The average molecular weight is 348 g/mol. The lowest BCUT2D eigenvalue weighted by Gasteiger charge is -2.07. The summed E-state index contributed by atoms with van der Waals surface area (Å²) in [6, 6.07) is 9.26. The van der Waals surface area contributed by atoms with Gasteiger partial charge in [-0.3, -0.25) is 20.1 Å². The number of nitrogens with one attached hydrogen (secondary N) is 5. The molecule has 0 bridgehead atoms. The molecule has 0 amide bonds. The van der Waals surface area contributed by atoms with Crippen LogP contribution in [0.4, 0.5) is 23.1 Å². The topological polar surface area (TPSA) is 127 Å². The van der Waals surface area contributed by atoms with Gasteiger partial charge in [0.2, 0.25) is 0 Å². The van der Waals surface area contributed by atoms with Gasteiger partial charge in [-0.25, -0.2) is 9.97 Å². The molecule has 1 aliphatic rings. The van der Waals surface area contributed by atoms with Crippen molar-refractivity contribution in [1.82, 2.24) is 30.4 Å². The molecular weight excluding hydrogens is 332 g/mol. The Morgan fingerprint density at radius 2 is 1.85 bits per heavy atom. The Kier molecular flexibility index (Phi) is 3.24. The summed E-state index contributed by atoms with van der Waals surface area (Å²) < 4.78 is 0. The van der Waals surface area contributed by atoms with Crippen molar-refractivity contribution in [2.75, 3.05) is 10.6 Å². The van der Waals surface area contributed by atoms with E-state index in [1.165, 1.54) is 19.2 Å². The van der Waals surface area contributed by atoms with Crippen LogP contribution in [0.15, 0.2) is 41.5 Å². The molecule has 130 valence electrons. The highest BCUT2D eigenvalue weighted by Gasteiger charge is 2.26. The van der Waals surface area contributed by atoms with Gasteiger partial charge in [0.15, 0.2) is 0 Å². The maximum atomic E-state index is 11.6. The molecule has 3 aromatic heterocycles. The van der Waals surface area contributed by atoms with Crippen LogP contribution >= 0.6 is 0 Å². The number of rotatable bonds is 5. The first-order chi connectivity index (χ1) is 12.7. The summed E-state index contributed by atoms with van der Waals surface area (Å²) >= 11 is 0. The zero-order chi connectivity index (χ0) is 17.5. The fraction of sp³-hybridized carbons (Fsp3) is 0.176. The van der Waals surface area contributed by atoms with E-state index in [-0.39, 0.29) is 5.56 Å². The van der Waals surface area contributed by atoms with Gasteiger partial charge in [-0.2, -0.15) is 5.10 Å². The molecule has 0 unspecified atom stereocenters. The lowest BCUT2D eigenvalue weighted by Crippen LogP contribution is -1.99. The summed E-state index contributed by atoms with van der Waals surface area (Å²) in [5.74, 6) is 2.70. The molecule has 1 saturated carbocycles. The normalized spacial score (nSPS) is 13.8. The summed E-state index contributed by atoms with van der Waals surface area (Å²) in [5, 5.41) is 19.7. The second kappa shape index (κ2) is 5.73. The molecule has 1 aliphatic carbocycles. The van der Waals surface area contributed by atoms with Crippen molar-refractivity contribution in [3.8, 4) is 0 Å². The molecule has 9 nitrogen and oxygen atoms in total. The monoisotopic (exact) mass is 348 g/mol. The zero-order valence-corrected chi connectivity index (χ0v) is 13.7. The summed E-state index contributed by atoms with van der Waals surface area (Å²) in [6.45, 7) is 0. The molecule has 5 rings (SSSR count). The molecule has 26 heavy (non-hydrogen) atoms. The number of aromatic nitrogens is 6. The fourth-order valence-electron chi connectivity index (χ4n) is 2.88. The molecule has 9 heteroatoms. The van der Waals surface area contributed by atoms with Gasteiger partial charge in [-0.15, -0.1) is 0 Å². The van der Waals surface area contributed by atoms with E-state index in [0.29, 0.717) is 22.9 Å². The van der Waals surface area contributed by atoms with Crippen LogP contribution in [0.3, 0.4) is 0 Å². The van der Waals surface area contributed by atoms with E-state index in [0.717, 1.165) is 22.7 Å². The van der Waals surface area contributed by atoms with Crippen LogP contribution in [0.5, 0.6) is 0 Å². The third-order valence-electron chi connectivity index (χ3n) is 4.37. The molecule has 1 aromatic carbocycles. The van der Waals surface area contributed by atoms with Crippen LogP contribution in [0.1, 0.15) is 24.5 Å². The smallest absolute Gasteiger partial charge is 0.271 e. The van der Waals surface area contributed by atoms with Crippen LogP contribution in [-0.2, 0) is 0 Å². The van der Waals surface area contributed by atoms with Crippen LogP contribution in [0, 0.1) is 0 Å². The standard InChI is InChI=1S/C17H16N8O/c26-17-11-4-3-10(5-13(11)23-25-17)20-14-7-15(19-8-18-14)21-16-6-12(22-24-16)9-1-2-9/h3-9H,1-2H2,(H2,23,25,26)(H3,18,19,20,21,22,24). The van der Waals surface area contributed by atoms with Gasteiger partial charge in [0, 0.05) is 23.7 Å². The van der Waals surface area contributed by atoms with Crippen molar-refractivity contribution >= 4 is 34.0 Å². The number of hydrogen-bond acceptors (Lipinski definition) is 6. The fourth-order valence-corrected chi connectivity index (χ4v) is 2.88. The average Bonchev–Trinajstić information content (AvgIpc) is 3.29. The van der Waals surface area contributed by atoms with Crippen LogP contribution in [0.2, 0.25) is 0 Å². The van der Waals surface area contributed by atoms with Crippen LogP contribution < -0.4 is 16.2 Å². The maximum absolute atomic E-state index is 11.6. The van der Waals surface area contributed by atoms with E-state index < -0.39 is 0 Å². The summed E-state index contributed by atoms with van der Waals surface area (Å²) in [7, 11) is 0. The van der Waals surface area contributed by atoms with Crippen LogP contribution in [0.25, 0.3) is 10.9 Å². The predicted molar refractivity (Wildman–Crippen MR) is 98.1 cm³/mol. The molecule has 0 aliphatic heterocycles. The minimum Gasteiger partial charge on any atom is -0.340 e. The van der Waals surface area contributed by atoms with Crippen molar-refractivity contribution < 1.29 is 0 Å². The molecule has 0 saturated heterocycles. The molecular formula is C17H16N8O. The Labute approximate surface area is 147 Å². The number of H-pyrrole nitrogens is 3. The van der Waals surface area contributed by atoms with Gasteiger partial charge in [-0.1, -0.05) is 0 Å². The van der Waals surface area contributed by atoms with E-state index >= 15 is 0 Å². The molecule has 4 aromatic rings. The molecule has 0 radical (unpaired) electrons. The van der Waals surface area contributed by atoms with E-state index in [2.05, 4.69) is 41.0 Å². The molecule has 1 fully saturated rings. The Morgan fingerprint density at radius 3 is 2.69 bits per heavy atom. The van der Waals surface area contributed by atoms with E-state index in [4.69, 9.17) is 0 Å². The Balaban J connectivity index is 1.35. The first-order valence-corrected chi connectivity index (χ1v) is 8.36. The van der Waals surface area contributed by atoms with E-state index in [1.54, 1.807) is 6.07 Å². The molecule has 0 spiro atoms. The van der Waals surface area contributed by atoms with Gasteiger partial charge in [0.1, 0.15) is 23.8 Å². The van der Waals surface area contributed by atoms with Gasteiger partial charge >= 0.3 is 0 Å². The minimum atomic E-state index is -0.134. The summed E-state index contributed by atoms with van der Waals surface area (Å²) in [4.78, 5) is 20.0. The van der Waals surface area contributed by atoms with E-state index in [9.17, 15) is 4.79 Å². The van der Waals surface area contributed by atoms with Crippen molar-refractivity contribution in [3.63, 3.8) is 0 Å². The highest BCUT2D eigenvalue weighted by Crippen LogP contribution is 2.39.